The molecule has 3 aromatic rings. The summed E-state index contributed by atoms with van der Waals surface area (Å²) < 4.78 is 39.5. The molecular weight excluding hydrogens is 465 g/mol. The monoisotopic (exact) mass is 489 g/mol. The summed E-state index contributed by atoms with van der Waals surface area (Å²) in [6, 6.07) is 5.86. The minimum atomic E-state index is -3.27. The van der Waals surface area contributed by atoms with Gasteiger partial charge in [0.2, 0.25) is 10.0 Å². The van der Waals surface area contributed by atoms with Crippen molar-refractivity contribution in [2.75, 3.05) is 25.9 Å². The molecule has 1 atom stereocenters. The summed E-state index contributed by atoms with van der Waals surface area (Å²) in [6.07, 6.45) is 3.03. The maximum Gasteiger partial charge on any atom is 0.270 e. The van der Waals surface area contributed by atoms with Gasteiger partial charge >= 0.3 is 0 Å². The molecule has 0 radical (unpaired) electrons. The summed E-state index contributed by atoms with van der Waals surface area (Å²) in [7, 11) is -3.27. The number of rotatable bonds is 7. The molecule has 11 nitrogen and oxygen atoms in total. The summed E-state index contributed by atoms with van der Waals surface area (Å²) in [5.41, 5.74) is 1.24. The van der Waals surface area contributed by atoms with Crippen molar-refractivity contribution in [1.82, 2.24) is 34.5 Å². The number of sulfonamides is 1. The van der Waals surface area contributed by atoms with Gasteiger partial charge in [0.05, 0.1) is 6.26 Å². The van der Waals surface area contributed by atoms with Crippen LogP contribution in [0.15, 0.2) is 30.6 Å². The van der Waals surface area contributed by atoms with E-state index in [-0.39, 0.29) is 42.0 Å². The van der Waals surface area contributed by atoms with Gasteiger partial charge < -0.3 is 10.6 Å². The Morgan fingerprint density at radius 3 is 2.71 bits per heavy atom. The molecule has 180 valence electrons. The van der Waals surface area contributed by atoms with Crippen molar-refractivity contribution < 1.29 is 22.4 Å². The van der Waals surface area contributed by atoms with E-state index in [1.165, 1.54) is 27.3 Å². The van der Waals surface area contributed by atoms with Crippen LogP contribution in [0.3, 0.4) is 0 Å². The quantitative estimate of drug-likeness (QED) is 0.493. The molecule has 0 aliphatic carbocycles. The molecule has 13 heteroatoms. The summed E-state index contributed by atoms with van der Waals surface area (Å²) in [5.74, 6) is -1.28. The van der Waals surface area contributed by atoms with E-state index in [1.807, 2.05) is 0 Å². The molecule has 3 heterocycles. The number of aromatic nitrogens is 4. The first kappa shape index (κ1) is 23.7. The maximum absolute atomic E-state index is 13.5. The Hall–Kier alpha value is -3.45. The fourth-order valence-corrected chi connectivity index (χ4v) is 4.69. The standard InChI is InChI=1S/C21H24FN7O4S/c1-13-7-14(3-4-16(13)22)9-23-19(30)17-8-18(29-21(27-17)25-12-26-29)20(31)24-10-15-5-6-28(11-15)34(2,32)33/h3-4,7-8,12,15H,5-6,9-11H2,1-2H3,(H,23,30)(H,24,31)/t15-/m0/s1. The van der Waals surface area contributed by atoms with E-state index >= 15 is 0 Å². The Morgan fingerprint density at radius 2 is 2.00 bits per heavy atom. The number of nitrogens with one attached hydrogen (secondary N) is 2. The summed E-state index contributed by atoms with van der Waals surface area (Å²) in [4.78, 5) is 33.7. The highest BCUT2D eigenvalue weighted by Crippen LogP contribution is 2.18. The molecule has 34 heavy (non-hydrogen) atoms. The Kier molecular flexibility index (Phi) is 6.57. The zero-order valence-corrected chi connectivity index (χ0v) is 19.5. The number of hydrogen-bond acceptors (Lipinski definition) is 7. The highest BCUT2D eigenvalue weighted by atomic mass is 32.2. The molecule has 2 N–H and O–H groups in total. The molecule has 1 aliphatic heterocycles. The minimum absolute atomic E-state index is 0.0197. The van der Waals surface area contributed by atoms with Crippen LogP contribution in [0.1, 0.15) is 38.5 Å². The molecule has 0 spiro atoms. The van der Waals surface area contributed by atoms with Crippen molar-refractivity contribution in [2.24, 2.45) is 5.92 Å². The zero-order chi connectivity index (χ0) is 24.5. The molecule has 1 aromatic carbocycles. The molecule has 2 amide bonds. The van der Waals surface area contributed by atoms with E-state index in [1.54, 1.807) is 19.1 Å². The summed E-state index contributed by atoms with van der Waals surface area (Å²) in [6.45, 7) is 2.82. The second-order valence-corrected chi connectivity index (χ2v) is 10.2. The van der Waals surface area contributed by atoms with E-state index in [0.29, 0.717) is 30.6 Å². The Morgan fingerprint density at radius 1 is 1.21 bits per heavy atom. The second kappa shape index (κ2) is 9.43. The summed E-state index contributed by atoms with van der Waals surface area (Å²) in [5, 5.41) is 9.49. The molecule has 1 fully saturated rings. The smallest absolute Gasteiger partial charge is 0.270 e. The maximum atomic E-state index is 13.5. The van der Waals surface area contributed by atoms with Crippen molar-refractivity contribution in [3.8, 4) is 0 Å². The van der Waals surface area contributed by atoms with Crippen LogP contribution >= 0.6 is 0 Å². The number of hydrogen-bond donors (Lipinski definition) is 2. The van der Waals surface area contributed by atoms with E-state index in [2.05, 4.69) is 25.7 Å². The Labute approximate surface area is 195 Å². The third kappa shape index (κ3) is 5.20. The predicted molar refractivity (Wildman–Crippen MR) is 120 cm³/mol. The topological polar surface area (TPSA) is 139 Å². The van der Waals surface area contributed by atoms with Gasteiger partial charge in [0, 0.05) is 32.2 Å². The van der Waals surface area contributed by atoms with Crippen LogP contribution in [0.4, 0.5) is 4.39 Å². The highest BCUT2D eigenvalue weighted by molar-refractivity contribution is 7.88. The first-order valence-electron chi connectivity index (χ1n) is 10.6. The van der Waals surface area contributed by atoms with Gasteiger partial charge in [0.25, 0.3) is 17.6 Å². The van der Waals surface area contributed by atoms with Gasteiger partial charge in [-0.15, -0.1) is 0 Å². The van der Waals surface area contributed by atoms with Crippen molar-refractivity contribution in [2.45, 2.75) is 19.9 Å². The average Bonchev–Trinajstić information content (AvgIpc) is 3.46. The number of nitrogens with zero attached hydrogens (tertiary/aromatic N) is 5. The number of fused-ring (bicyclic) bond motifs is 1. The van der Waals surface area contributed by atoms with Crippen LogP contribution in [-0.4, -0.2) is 70.0 Å². The molecule has 4 rings (SSSR count). The third-order valence-corrected chi connectivity index (χ3v) is 6.93. The van der Waals surface area contributed by atoms with Crippen molar-refractivity contribution in [1.29, 1.82) is 0 Å². The molecule has 0 bridgehead atoms. The lowest BCUT2D eigenvalue weighted by Gasteiger charge is -2.14. The minimum Gasteiger partial charge on any atom is -0.350 e. The Bertz CT molecular complexity index is 1360. The molecule has 0 unspecified atom stereocenters. The van der Waals surface area contributed by atoms with Crippen molar-refractivity contribution in [3.05, 3.63) is 58.9 Å². The Balaban J connectivity index is 1.45. The number of carbonyl (C=O) groups is 2. The number of carbonyl (C=O) groups excluding carboxylic acids is 2. The lowest BCUT2D eigenvalue weighted by Crippen LogP contribution is -2.34. The number of halogens is 1. The van der Waals surface area contributed by atoms with Crippen LogP contribution in [0.25, 0.3) is 5.78 Å². The number of amides is 2. The zero-order valence-electron chi connectivity index (χ0n) is 18.7. The van der Waals surface area contributed by atoms with Crippen LogP contribution in [-0.2, 0) is 16.6 Å². The van der Waals surface area contributed by atoms with Crippen LogP contribution < -0.4 is 10.6 Å². The average molecular weight is 490 g/mol. The number of benzene rings is 1. The summed E-state index contributed by atoms with van der Waals surface area (Å²) >= 11 is 0. The van der Waals surface area contributed by atoms with Crippen molar-refractivity contribution in [3.63, 3.8) is 0 Å². The van der Waals surface area contributed by atoms with E-state index in [4.69, 9.17) is 0 Å². The second-order valence-electron chi connectivity index (χ2n) is 8.25. The third-order valence-electron chi connectivity index (χ3n) is 5.66. The lowest BCUT2D eigenvalue weighted by atomic mass is 10.1. The predicted octanol–water partition coefficient (Wildman–Crippen LogP) is 0.513. The normalized spacial score (nSPS) is 16.6. The van der Waals surface area contributed by atoms with E-state index in [0.717, 1.165) is 6.26 Å². The molecule has 2 aromatic heterocycles. The van der Waals surface area contributed by atoms with Gasteiger partial charge in [0.1, 0.15) is 23.5 Å². The fraction of sp³-hybridized carbons (Fsp3) is 0.381. The van der Waals surface area contributed by atoms with Crippen LogP contribution in [0.2, 0.25) is 0 Å². The van der Waals surface area contributed by atoms with Gasteiger partial charge in [0.15, 0.2) is 0 Å². The van der Waals surface area contributed by atoms with E-state index < -0.39 is 21.8 Å². The highest BCUT2D eigenvalue weighted by Gasteiger charge is 2.29. The largest absolute Gasteiger partial charge is 0.350 e. The molecule has 1 saturated heterocycles. The fourth-order valence-electron chi connectivity index (χ4n) is 3.77. The van der Waals surface area contributed by atoms with Gasteiger partial charge in [-0.2, -0.15) is 14.6 Å². The first-order chi connectivity index (χ1) is 16.1. The van der Waals surface area contributed by atoms with Crippen LogP contribution in [0, 0.1) is 18.7 Å². The van der Waals surface area contributed by atoms with Gasteiger partial charge in [-0.25, -0.2) is 22.1 Å². The first-order valence-corrected chi connectivity index (χ1v) is 12.4. The SMILES string of the molecule is Cc1cc(CNC(=O)c2cc(C(=O)NC[C@@H]3CCN(S(C)(=O)=O)C3)n3ncnc3n2)ccc1F. The lowest BCUT2D eigenvalue weighted by molar-refractivity contribution is 0.0940. The van der Waals surface area contributed by atoms with Gasteiger partial charge in [-0.1, -0.05) is 12.1 Å². The van der Waals surface area contributed by atoms with E-state index in [9.17, 15) is 22.4 Å². The molecule has 0 saturated carbocycles. The van der Waals surface area contributed by atoms with Gasteiger partial charge in [-0.05, 0) is 36.5 Å². The molecular formula is C21H24FN7O4S. The van der Waals surface area contributed by atoms with Crippen LogP contribution in [0.5, 0.6) is 0 Å². The number of aryl methyl sites for hydroxylation is 1. The van der Waals surface area contributed by atoms with Gasteiger partial charge in [-0.3, -0.25) is 9.59 Å². The van der Waals surface area contributed by atoms with Crippen molar-refractivity contribution >= 4 is 27.6 Å². The molecule has 1 aliphatic rings.